The minimum Gasteiger partial charge on any atom is -0.454 e. The van der Waals surface area contributed by atoms with E-state index in [9.17, 15) is 19.2 Å². The predicted octanol–water partition coefficient (Wildman–Crippen LogP) is 2.65. The van der Waals surface area contributed by atoms with Gasteiger partial charge in [0.2, 0.25) is 11.8 Å². The van der Waals surface area contributed by atoms with Crippen LogP contribution in [0.2, 0.25) is 10.0 Å². The molecule has 2 fully saturated rings. The first-order chi connectivity index (χ1) is 12.9. The summed E-state index contributed by atoms with van der Waals surface area (Å²) in [6.07, 6.45) is 3.16. The van der Waals surface area contributed by atoms with Gasteiger partial charge in [-0.1, -0.05) is 36.0 Å². The van der Waals surface area contributed by atoms with E-state index in [2.05, 4.69) is 5.32 Å². The fraction of sp³-hybridized carbons (Fsp3) is 0.444. The van der Waals surface area contributed by atoms with Crippen molar-refractivity contribution in [1.29, 1.82) is 0 Å². The molecule has 0 bridgehead atoms. The zero-order chi connectivity index (χ0) is 19.6. The Morgan fingerprint density at radius 3 is 2.37 bits per heavy atom. The summed E-state index contributed by atoms with van der Waals surface area (Å²) >= 11 is 11.8. The third kappa shape index (κ3) is 4.42. The number of hydrogen-bond acceptors (Lipinski definition) is 5. The van der Waals surface area contributed by atoms with Crippen LogP contribution in [0.25, 0.3) is 0 Å². The maximum Gasteiger partial charge on any atom is 0.326 e. The summed E-state index contributed by atoms with van der Waals surface area (Å²) in [5.41, 5.74) is 0.291. The molecular weight excluding hydrogens is 395 g/mol. The minimum absolute atomic E-state index is 0.287. The van der Waals surface area contributed by atoms with E-state index in [0.29, 0.717) is 23.6 Å². The molecule has 1 aliphatic carbocycles. The highest BCUT2D eigenvalue weighted by atomic mass is 35.5. The maximum atomic E-state index is 12.3. The molecule has 1 N–H and O–H groups in total. The predicted molar refractivity (Wildman–Crippen MR) is 98.2 cm³/mol. The lowest BCUT2D eigenvalue weighted by atomic mass is 9.81. The molecule has 1 aliphatic heterocycles. The Morgan fingerprint density at radius 1 is 1.11 bits per heavy atom. The van der Waals surface area contributed by atoms with Crippen LogP contribution in [0.15, 0.2) is 18.2 Å². The quantitative estimate of drug-likeness (QED) is 0.592. The van der Waals surface area contributed by atoms with Crippen LogP contribution in [-0.2, 0) is 23.9 Å². The maximum absolute atomic E-state index is 12.3. The number of esters is 1. The topological polar surface area (TPSA) is 92.8 Å². The number of hydrogen-bond donors (Lipinski definition) is 1. The van der Waals surface area contributed by atoms with Crippen molar-refractivity contribution >= 4 is 52.6 Å². The Balaban J connectivity index is 1.51. The number of likely N-dealkylation sites (tertiary alicyclic amines) is 1. The highest BCUT2D eigenvalue weighted by molar-refractivity contribution is 6.35. The van der Waals surface area contributed by atoms with E-state index in [1.165, 1.54) is 12.1 Å². The van der Waals surface area contributed by atoms with Gasteiger partial charge < -0.3 is 10.1 Å². The third-order valence-electron chi connectivity index (χ3n) is 4.79. The summed E-state index contributed by atoms with van der Waals surface area (Å²) in [6.45, 7) is -1.04. The molecule has 2 atom stereocenters. The fourth-order valence-corrected chi connectivity index (χ4v) is 3.82. The van der Waals surface area contributed by atoms with Gasteiger partial charge in [0.15, 0.2) is 6.61 Å². The summed E-state index contributed by atoms with van der Waals surface area (Å²) in [5, 5.41) is 3.15. The summed E-state index contributed by atoms with van der Waals surface area (Å²) in [4.78, 5) is 49.5. The van der Waals surface area contributed by atoms with Crippen LogP contribution in [0.4, 0.5) is 5.69 Å². The molecule has 3 rings (SSSR count). The summed E-state index contributed by atoms with van der Waals surface area (Å²) in [5.74, 6) is -2.73. The van der Waals surface area contributed by atoms with Gasteiger partial charge in [0, 0.05) is 5.02 Å². The first kappa shape index (κ1) is 19.6. The van der Waals surface area contributed by atoms with E-state index in [1.807, 2.05) is 0 Å². The van der Waals surface area contributed by atoms with Crippen molar-refractivity contribution in [2.45, 2.75) is 25.7 Å². The SMILES string of the molecule is O=C(COC(=O)CN1C(=O)[C@H]2CCCC[C@@H]2C1=O)Nc1cc(Cl)ccc1Cl. The molecule has 7 nitrogen and oxygen atoms in total. The van der Waals surface area contributed by atoms with E-state index < -0.39 is 25.0 Å². The van der Waals surface area contributed by atoms with Gasteiger partial charge in [-0.15, -0.1) is 0 Å². The zero-order valence-electron chi connectivity index (χ0n) is 14.4. The zero-order valence-corrected chi connectivity index (χ0v) is 15.9. The second-order valence-corrected chi connectivity index (χ2v) is 7.44. The van der Waals surface area contributed by atoms with Crippen LogP contribution in [0.5, 0.6) is 0 Å². The first-order valence-electron chi connectivity index (χ1n) is 8.62. The summed E-state index contributed by atoms with van der Waals surface area (Å²) in [7, 11) is 0. The molecule has 3 amide bonds. The highest BCUT2D eigenvalue weighted by Gasteiger charge is 2.48. The number of fused-ring (bicyclic) bond motifs is 1. The molecule has 1 saturated carbocycles. The number of carbonyl (C=O) groups is 4. The number of nitrogens with zero attached hydrogens (tertiary/aromatic N) is 1. The molecular formula is C18H18Cl2N2O5. The number of ether oxygens (including phenoxy) is 1. The van der Waals surface area contributed by atoms with Crippen molar-refractivity contribution in [3.05, 3.63) is 28.2 Å². The number of anilines is 1. The molecule has 144 valence electrons. The van der Waals surface area contributed by atoms with Gasteiger partial charge in [0.1, 0.15) is 6.54 Å². The van der Waals surface area contributed by atoms with Gasteiger partial charge in [-0.05, 0) is 31.0 Å². The molecule has 9 heteroatoms. The molecule has 1 aromatic carbocycles. The number of halogens is 2. The van der Waals surface area contributed by atoms with Crippen molar-refractivity contribution in [3.8, 4) is 0 Å². The number of benzene rings is 1. The average Bonchev–Trinajstić information content (AvgIpc) is 2.88. The molecule has 0 unspecified atom stereocenters. The van der Waals surface area contributed by atoms with Gasteiger partial charge >= 0.3 is 5.97 Å². The van der Waals surface area contributed by atoms with Gasteiger partial charge in [0.25, 0.3) is 5.91 Å². The van der Waals surface area contributed by atoms with Crippen molar-refractivity contribution in [3.63, 3.8) is 0 Å². The molecule has 2 aliphatic rings. The largest absolute Gasteiger partial charge is 0.454 e. The Hall–Kier alpha value is -2.12. The van der Waals surface area contributed by atoms with Gasteiger partial charge in [0.05, 0.1) is 22.5 Å². The molecule has 0 radical (unpaired) electrons. The van der Waals surface area contributed by atoms with Crippen LogP contribution in [0.1, 0.15) is 25.7 Å². The third-order valence-corrected chi connectivity index (χ3v) is 5.35. The smallest absolute Gasteiger partial charge is 0.326 e. The van der Waals surface area contributed by atoms with Crippen LogP contribution in [-0.4, -0.2) is 41.7 Å². The minimum atomic E-state index is -0.817. The highest BCUT2D eigenvalue weighted by Crippen LogP contribution is 2.37. The lowest BCUT2D eigenvalue weighted by Gasteiger charge is -2.19. The lowest BCUT2D eigenvalue weighted by molar-refractivity contribution is -0.154. The Labute approximate surface area is 165 Å². The van der Waals surface area contributed by atoms with Crippen molar-refractivity contribution in [2.75, 3.05) is 18.5 Å². The second kappa shape index (κ2) is 8.27. The fourth-order valence-electron chi connectivity index (χ4n) is 3.49. The first-order valence-corrected chi connectivity index (χ1v) is 9.38. The Morgan fingerprint density at radius 2 is 1.74 bits per heavy atom. The number of imide groups is 1. The van der Waals surface area contributed by atoms with E-state index >= 15 is 0 Å². The monoisotopic (exact) mass is 412 g/mol. The van der Waals surface area contributed by atoms with Gasteiger partial charge in [-0.25, -0.2) is 0 Å². The van der Waals surface area contributed by atoms with Gasteiger partial charge in [-0.3, -0.25) is 24.1 Å². The standard InChI is InChI=1S/C18H18Cl2N2O5/c19-10-5-6-13(20)14(7-10)21-15(23)9-27-16(24)8-22-17(25)11-3-1-2-4-12(11)18(22)26/h5-7,11-12H,1-4,8-9H2,(H,21,23)/t11-,12-/m0/s1. The van der Waals surface area contributed by atoms with Crippen molar-refractivity contribution in [1.82, 2.24) is 4.90 Å². The number of amides is 3. The summed E-state index contributed by atoms with van der Waals surface area (Å²) in [6, 6.07) is 4.56. The van der Waals surface area contributed by atoms with Crippen LogP contribution in [0.3, 0.4) is 0 Å². The van der Waals surface area contributed by atoms with E-state index in [-0.39, 0.29) is 28.7 Å². The molecule has 1 saturated heterocycles. The van der Waals surface area contributed by atoms with E-state index in [4.69, 9.17) is 27.9 Å². The van der Waals surface area contributed by atoms with E-state index in [1.54, 1.807) is 6.07 Å². The Kier molecular flexibility index (Phi) is 6.01. The number of carbonyl (C=O) groups excluding carboxylic acids is 4. The molecule has 27 heavy (non-hydrogen) atoms. The number of rotatable bonds is 5. The molecule has 1 heterocycles. The van der Waals surface area contributed by atoms with E-state index in [0.717, 1.165) is 17.7 Å². The van der Waals surface area contributed by atoms with Crippen LogP contribution < -0.4 is 5.32 Å². The van der Waals surface area contributed by atoms with Crippen molar-refractivity contribution in [2.24, 2.45) is 11.8 Å². The van der Waals surface area contributed by atoms with Crippen molar-refractivity contribution < 1.29 is 23.9 Å². The normalized spacial score (nSPS) is 21.8. The van der Waals surface area contributed by atoms with Crippen LogP contribution in [0, 0.1) is 11.8 Å². The van der Waals surface area contributed by atoms with Gasteiger partial charge in [-0.2, -0.15) is 0 Å². The molecule has 0 aromatic heterocycles. The molecule has 0 spiro atoms. The average molecular weight is 413 g/mol. The lowest BCUT2D eigenvalue weighted by Crippen LogP contribution is -2.37. The number of nitrogens with one attached hydrogen (secondary N) is 1. The second-order valence-electron chi connectivity index (χ2n) is 6.59. The van der Waals surface area contributed by atoms with Crippen LogP contribution >= 0.6 is 23.2 Å². The Bertz CT molecular complexity index is 774. The summed E-state index contributed by atoms with van der Waals surface area (Å²) < 4.78 is 4.88. The molecule has 1 aromatic rings.